The van der Waals surface area contributed by atoms with Crippen LogP contribution >= 0.6 is 0 Å². The van der Waals surface area contributed by atoms with Crippen LogP contribution in [0.25, 0.3) is 0 Å². The minimum Gasteiger partial charge on any atom is -0.448 e. The van der Waals surface area contributed by atoms with Crippen LogP contribution in [0.4, 0.5) is 11.4 Å². The maximum Gasteiger partial charge on any atom is 0.277 e. The summed E-state index contributed by atoms with van der Waals surface area (Å²) in [7, 11) is 0. The molecular weight excluding hydrogens is 472 g/mol. The van der Waals surface area contributed by atoms with Crippen LogP contribution in [0.2, 0.25) is 0 Å². The number of rotatable bonds is 8. The van der Waals surface area contributed by atoms with E-state index in [4.69, 9.17) is 9.47 Å². The van der Waals surface area contributed by atoms with Gasteiger partial charge in [0.2, 0.25) is 0 Å². The van der Waals surface area contributed by atoms with Gasteiger partial charge >= 0.3 is 0 Å². The number of carbonyl (C=O) groups is 4. The molecule has 0 N–H and O–H groups in total. The van der Waals surface area contributed by atoms with E-state index >= 15 is 0 Å². The molecule has 184 valence electrons. The molecule has 3 aromatic rings. The second kappa shape index (κ2) is 9.58. The average Bonchev–Trinajstić information content (AvgIpc) is 3.44. The normalized spacial score (nSPS) is 15.2. The van der Waals surface area contributed by atoms with E-state index in [1.54, 1.807) is 48.5 Å². The summed E-state index contributed by atoms with van der Waals surface area (Å²) >= 11 is 0. The molecule has 0 saturated carbocycles. The summed E-state index contributed by atoms with van der Waals surface area (Å²) in [6.07, 6.45) is 5.36. The first kappa shape index (κ1) is 23.7. The topological polar surface area (TPSA) is 93.2 Å². The van der Waals surface area contributed by atoms with E-state index in [0.29, 0.717) is 29.3 Å². The van der Waals surface area contributed by atoms with E-state index in [1.165, 1.54) is 24.3 Å². The highest BCUT2D eigenvalue weighted by Gasteiger charge is 2.36. The van der Waals surface area contributed by atoms with Gasteiger partial charge in [0.05, 0.1) is 11.4 Å². The zero-order valence-electron chi connectivity index (χ0n) is 19.9. The average molecular weight is 495 g/mol. The molecule has 3 aromatic carbocycles. The molecule has 2 heterocycles. The lowest BCUT2D eigenvalue weighted by Gasteiger charge is -2.34. The second-order valence-electron chi connectivity index (χ2n) is 8.35. The molecular formula is C29H22N2O6. The first-order valence-electron chi connectivity index (χ1n) is 11.7. The highest BCUT2D eigenvalue weighted by Crippen LogP contribution is 2.36. The number of amides is 4. The fourth-order valence-corrected chi connectivity index (χ4v) is 4.20. The molecule has 2 aliphatic rings. The molecule has 0 aliphatic carbocycles. The van der Waals surface area contributed by atoms with Gasteiger partial charge in [0.1, 0.15) is 11.5 Å². The lowest BCUT2D eigenvalue weighted by Crippen LogP contribution is -2.39. The van der Waals surface area contributed by atoms with E-state index in [0.717, 1.165) is 15.4 Å². The van der Waals surface area contributed by atoms with Crippen LogP contribution in [0, 0.1) is 0 Å². The highest BCUT2D eigenvalue weighted by atomic mass is 16.7. The van der Waals surface area contributed by atoms with Gasteiger partial charge in [-0.05, 0) is 48.5 Å². The second-order valence-corrected chi connectivity index (χ2v) is 8.35. The minimum atomic E-state index is -1.22. The monoisotopic (exact) mass is 494 g/mol. The third-order valence-corrected chi connectivity index (χ3v) is 6.05. The lowest BCUT2D eigenvalue weighted by molar-refractivity contribution is -0.125. The van der Waals surface area contributed by atoms with Crippen LogP contribution in [0.1, 0.15) is 18.9 Å². The fraction of sp³-hybridized carbons (Fsp3) is 0.103. The Kier molecular flexibility index (Phi) is 6.15. The van der Waals surface area contributed by atoms with Crippen LogP contribution in [0.5, 0.6) is 11.5 Å². The number of anilines is 2. The first-order valence-corrected chi connectivity index (χ1v) is 11.7. The predicted octanol–water partition coefficient (Wildman–Crippen LogP) is 4.27. The molecule has 2 aliphatic heterocycles. The molecule has 0 atom stereocenters. The summed E-state index contributed by atoms with van der Waals surface area (Å²) in [6.45, 7) is 1.93. The van der Waals surface area contributed by atoms with Crippen molar-refractivity contribution in [3.05, 3.63) is 109 Å². The van der Waals surface area contributed by atoms with Crippen molar-refractivity contribution in [1.82, 2.24) is 0 Å². The number of hydrogen-bond donors (Lipinski definition) is 0. The Bertz CT molecular complexity index is 1300. The van der Waals surface area contributed by atoms with Crippen molar-refractivity contribution in [2.24, 2.45) is 0 Å². The minimum absolute atomic E-state index is 0.397. The molecule has 0 spiro atoms. The summed E-state index contributed by atoms with van der Waals surface area (Å²) in [5, 5.41) is 0. The standard InChI is InChI=1S/C29H22N2O6/c1-2-29(20-6-4-3-5-7-20,36-23-12-8-21(9-13-23)30-25(32)16-17-26(30)33)37-24-14-10-22(11-15-24)31-27(34)18-19-28(31)35/h3-19H,2H2,1H3. The van der Waals surface area contributed by atoms with Gasteiger partial charge in [-0.15, -0.1) is 0 Å². The molecule has 0 fully saturated rings. The van der Waals surface area contributed by atoms with E-state index in [2.05, 4.69) is 0 Å². The Morgan fingerprint density at radius 2 is 0.946 bits per heavy atom. The molecule has 4 amide bonds. The van der Waals surface area contributed by atoms with Gasteiger partial charge in [0, 0.05) is 36.3 Å². The number of carbonyl (C=O) groups excluding carboxylic acids is 4. The summed E-state index contributed by atoms with van der Waals surface area (Å²) in [5.74, 6) is -1.87. The maximum absolute atomic E-state index is 12.0. The smallest absolute Gasteiger partial charge is 0.277 e. The Labute approximate surface area is 213 Å². The van der Waals surface area contributed by atoms with Crippen LogP contribution in [-0.2, 0) is 25.0 Å². The van der Waals surface area contributed by atoms with Gasteiger partial charge < -0.3 is 9.47 Å². The van der Waals surface area contributed by atoms with Crippen molar-refractivity contribution in [2.45, 2.75) is 19.1 Å². The van der Waals surface area contributed by atoms with Gasteiger partial charge in [0.25, 0.3) is 29.4 Å². The number of nitrogens with zero attached hydrogens (tertiary/aromatic N) is 2. The Balaban J connectivity index is 1.42. The van der Waals surface area contributed by atoms with Crippen LogP contribution in [0.3, 0.4) is 0 Å². The molecule has 8 nitrogen and oxygen atoms in total. The maximum atomic E-state index is 12.0. The largest absolute Gasteiger partial charge is 0.448 e. The van der Waals surface area contributed by atoms with Crippen LogP contribution in [0.15, 0.2) is 103 Å². The Hall–Kier alpha value is -4.98. The zero-order valence-corrected chi connectivity index (χ0v) is 19.9. The summed E-state index contributed by atoms with van der Waals surface area (Å²) in [6, 6.07) is 22.7. The van der Waals surface area contributed by atoms with Crippen molar-refractivity contribution in [3.8, 4) is 11.5 Å². The summed E-state index contributed by atoms with van der Waals surface area (Å²) < 4.78 is 12.8. The molecule has 8 heteroatoms. The van der Waals surface area contributed by atoms with Gasteiger partial charge in [-0.1, -0.05) is 37.3 Å². The van der Waals surface area contributed by atoms with Gasteiger partial charge in [0.15, 0.2) is 0 Å². The Morgan fingerprint density at radius 3 is 1.30 bits per heavy atom. The van der Waals surface area contributed by atoms with Crippen molar-refractivity contribution in [1.29, 1.82) is 0 Å². The molecule has 37 heavy (non-hydrogen) atoms. The number of imide groups is 2. The van der Waals surface area contributed by atoms with Gasteiger partial charge in [-0.3, -0.25) is 19.2 Å². The highest BCUT2D eigenvalue weighted by molar-refractivity contribution is 6.28. The first-order chi connectivity index (χ1) is 17.9. The molecule has 0 bridgehead atoms. The van der Waals surface area contributed by atoms with Crippen molar-refractivity contribution in [2.75, 3.05) is 9.80 Å². The summed E-state index contributed by atoms with van der Waals surface area (Å²) in [4.78, 5) is 50.2. The summed E-state index contributed by atoms with van der Waals surface area (Å²) in [5.41, 5.74) is 1.64. The zero-order chi connectivity index (χ0) is 26.0. The van der Waals surface area contributed by atoms with Crippen molar-refractivity contribution in [3.63, 3.8) is 0 Å². The van der Waals surface area contributed by atoms with Crippen LogP contribution < -0.4 is 19.3 Å². The number of ether oxygens (including phenoxy) is 2. The Morgan fingerprint density at radius 1 is 0.568 bits per heavy atom. The van der Waals surface area contributed by atoms with Crippen molar-refractivity contribution >= 4 is 35.0 Å². The van der Waals surface area contributed by atoms with E-state index in [9.17, 15) is 19.2 Å². The third kappa shape index (κ3) is 4.52. The van der Waals surface area contributed by atoms with E-state index in [-0.39, 0.29) is 0 Å². The quantitative estimate of drug-likeness (QED) is 0.343. The van der Waals surface area contributed by atoms with Gasteiger partial charge in [-0.25, -0.2) is 9.80 Å². The number of hydrogen-bond acceptors (Lipinski definition) is 6. The number of benzene rings is 3. The fourth-order valence-electron chi connectivity index (χ4n) is 4.20. The van der Waals surface area contributed by atoms with E-state index < -0.39 is 29.4 Å². The predicted molar refractivity (Wildman–Crippen MR) is 136 cm³/mol. The molecule has 0 saturated heterocycles. The molecule has 0 unspecified atom stereocenters. The SMILES string of the molecule is CCC(Oc1ccc(N2C(=O)C=CC2=O)cc1)(Oc1ccc(N2C(=O)C=CC2=O)cc1)c1ccccc1. The van der Waals surface area contributed by atoms with Crippen molar-refractivity contribution < 1.29 is 28.7 Å². The van der Waals surface area contributed by atoms with E-state index in [1.807, 2.05) is 37.3 Å². The van der Waals surface area contributed by atoms with Crippen LogP contribution in [-0.4, -0.2) is 23.6 Å². The lowest BCUT2D eigenvalue weighted by atomic mass is 10.0. The molecule has 5 rings (SSSR count). The molecule has 0 radical (unpaired) electrons. The van der Waals surface area contributed by atoms with Gasteiger partial charge in [-0.2, -0.15) is 0 Å². The third-order valence-electron chi connectivity index (χ3n) is 6.05. The molecule has 0 aromatic heterocycles.